The van der Waals surface area contributed by atoms with Crippen molar-refractivity contribution in [3.05, 3.63) is 76.7 Å². The second-order valence-corrected chi connectivity index (χ2v) is 11.2. The zero-order valence-electron chi connectivity index (χ0n) is 20.0. The molecule has 0 bridgehead atoms. The third-order valence-electron chi connectivity index (χ3n) is 6.40. The Morgan fingerprint density at radius 3 is 2.35 bits per heavy atom. The van der Waals surface area contributed by atoms with Crippen LogP contribution in [0.15, 0.2) is 53.4 Å². The fourth-order valence-electron chi connectivity index (χ4n) is 4.12. The summed E-state index contributed by atoms with van der Waals surface area (Å²) >= 11 is 0. The highest BCUT2D eigenvalue weighted by Gasteiger charge is 2.43. The van der Waals surface area contributed by atoms with E-state index in [4.69, 9.17) is 0 Å². The number of amides is 1. The minimum absolute atomic E-state index is 0.00515. The van der Waals surface area contributed by atoms with Crippen molar-refractivity contribution in [1.82, 2.24) is 15.2 Å². The largest absolute Gasteiger partial charge is 0.435 e. The molecule has 1 amide bonds. The number of Topliss-reactive ketones (excluding diaryl/α,β-unsaturated/α-hetero) is 1. The summed E-state index contributed by atoms with van der Waals surface area (Å²) < 4.78 is 62.3. The molecule has 1 aliphatic rings. The maximum atomic E-state index is 13.3. The van der Waals surface area contributed by atoms with Gasteiger partial charge in [-0.2, -0.15) is 18.3 Å². The molecule has 0 spiro atoms. The number of hydrogen-bond donors (Lipinski definition) is 1. The molecule has 37 heavy (non-hydrogen) atoms. The van der Waals surface area contributed by atoms with E-state index >= 15 is 0 Å². The van der Waals surface area contributed by atoms with Gasteiger partial charge in [-0.15, -0.1) is 5.10 Å². The number of carbonyl (C=O) groups is 2. The smallest absolute Gasteiger partial charge is 0.310 e. The quantitative estimate of drug-likeness (QED) is 0.511. The number of carbonyl (C=O) groups excluding carboxylic acids is 2. The van der Waals surface area contributed by atoms with Crippen molar-refractivity contribution < 1.29 is 31.2 Å². The van der Waals surface area contributed by atoms with Crippen molar-refractivity contribution in [3.8, 4) is 0 Å². The second-order valence-electron chi connectivity index (χ2n) is 8.93. The van der Waals surface area contributed by atoms with Crippen LogP contribution in [-0.2, 0) is 39.1 Å². The zero-order valence-corrected chi connectivity index (χ0v) is 20.8. The van der Waals surface area contributed by atoms with Crippen molar-refractivity contribution in [2.45, 2.75) is 49.6 Å². The van der Waals surface area contributed by atoms with Gasteiger partial charge in [0.05, 0.1) is 33.9 Å². The molecule has 1 atom stereocenters. The number of fused-ring (bicyclic) bond motifs is 1. The lowest BCUT2D eigenvalue weighted by molar-refractivity contribution is -0.141. The summed E-state index contributed by atoms with van der Waals surface area (Å²) in [5.41, 5.74) is -0.753. The molecule has 0 saturated carbocycles. The van der Waals surface area contributed by atoms with Gasteiger partial charge in [0.1, 0.15) is 5.82 Å². The lowest BCUT2D eigenvalue weighted by Crippen LogP contribution is -2.39. The molecule has 0 aliphatic heterocycles. The number of halogens is 3. The molecule has 2 aromatic heterocycles. The van der Waals surface area contributed by atoms with Crippen molar-refractivity contribution in [3.63, 3.8) is 0 Å². The summed E-state index contributed by atoms with van der Waals surface area (Å²) in [5, 5.41) is 9.60. The number of nitrogens with one attached hydrogen (secondary N) is 1. The first-order chi connectivity index (χ1) is 17.3. The van der Waals surface area contributed by atoms with Crippen LogP contribution in [0.1, 0.15) is 53.3 Å². The van der Waals surface area contributed by atoms with Gasteiger partial charge in [0, 0.05) is 5.56 Å². The number of anilines is 1. The summed E-state index contributed by atoms with van der Waals surface area (Å²) in [5.74, 6) is -0.475. The normalized spacial score (nSPS) is 17.8. The Hall–Kier alpha value is -3.67. The Bertz CT molecular complexity index is 1460. The molecule has 0 radical (unpaired) electrons. The van der Waals surface area contributed by atoms with E-state index in [-0.39, 0.29) is 46.7 Å². The summed E-state index contributed by atoms with van der Waals surface area (Å²) in [7, 11) is -3.33. The van der Waals surface area contributed by atoms with Gasteiger partial charge in [-0.25, -0.2) is 13.4 Å². The maximum absolute atomic E-state index is 13.3. The Balaban J connectivity index is 1.46. The summed E-state index contributed by atoms with van der Waals surface area (Å²) in [4.78, 5) is 30.3. The fraction of sp³-hybridized carbons (Fsp3) is 0.320. The van der Waals surface area contributed by atoms with Gasteiger partial charge in [-0.1, -0.05) is 19.1 Å². The first-order valence-corrected chi connectivity index (χ1v) is 13.1. The van der Waals surface area contributed by atoms with Gasteiger partial charge in [0.25, 0.3) is 0 Å². The minimum Gasteiger partial charge on any atom is -0.310 e. The van der Waals surface area contributed by atoms with Gasteiger partial charge < -0.3 is 5.32 Å². The highest BCUT2D eigenvalue weighted by Crippen LogP contribution is 2.38. The monoisotopic (exact) mass is 532 g/mol. The van der Waals surface area contributed by atoms with Crippen LogP contribution in [0, 0.1) is 0 Å². The number of alkyl halides is 3. The van der Waals surface area contributed by atoms with Crippen LogP contribution in [0.5, 0.6) is 0 Å². The molecule has 12 heteroatoms. The average molecular weight is 533 g/mol. The highest BCUT2D eigenvalue weighted by atomic mass is 32.2. The van der Waals surface area contributed by atoms with Crippen LogP contribution < -0.4 is 5.32 Å². The molecule has 1 unspecified atom stereocenters. The molecular weight excluding hydrogens is 509 g/mol. The average Bonchev–Trinajstić information content (AvgIpc) is 2.86. The molecule has 194 valence electrons. The van der Waals surface area contributed by atoms with Gasteiger partial charge in [0.2, 0.25) is 5.91 Å². The van der Waals surface area contributed by atoms with Crippen LogP contribution in [0.3, 0.4) is 0 Å². The van der Waals surface area contributed by atoms with Gasteiger partial charge in [-0.05, 0) is 61.7 Å². The van der Waals surface area contributed by atoms with E-state index in [1.54, 1.807) is 26.0 Å². The van der Waals surface area contributed by atoms with Crippen molar-refractivity contribution >= 4 is 27.3 Å². The van der Waals surface area contributed by atoms with E-state index in [0.29, 0.717) is 23.2 Å². The number of nitrogens with zero attached hydrogens (tertiary/aromatic N) is 3. The van der Waals surface area contributed by atoms with E-state index in [2.05, 4.69) is 20.5 Å². The first kappa shape index (κ1) is 26.4. The lowest BCUT2D eigenvalue weighted by Gasteiger charge is -2.32. The number of rotatable bonds is 6. The Labute approximate surface area is 211 Å². The zero-order chi connectivity index (χ0) is 27.0. The fourth-order valence-corrected chi connectivity index (χ4v) is 5.01. The Morgan fingerprint density at radius 1 is 1.05 bits per heavy atom. The molecule has 3 aromatic rings. The van der Waals surface area contributed by atoms with Crippen molar-refractivity contribution in [1.29, 1.82) is 0 Å². The Morgan fingerprint density at radius 2 is 1.76 bits per heavy atom. The third-order valence-corrected chi connectivity index (χ3v) is 8.15. The van der Waals surface area contributed by atoms with Crippen LogP contribution >= 0.6 is 0 Å². The molecule has 1 N–H and O–H groups in total. The number of hydrogen-bond acceptors (Lipinski definition) is 7. The predicted octanol–water partition coefficient (Wildman–Crippen LogP) is 3.95. The number of aromatic nitrogens is 3. The van der Waals surface area contributed by atoms with Gasteiger partial charge in [-0.3, -0.25) is 9.59 Å². The van der Waals surface area contributed by atoms with Crippen LogP contribution in [0.4, 0.5) is 19.0 Å². The molecule has 1 aromatic carbocycles. The minimum atomic E-state index is -4.63. The number of sulfone groups is 1. The molecule has 2 heterocycles. The van der Waals surface area contributed by atoms with E-state index < -0.39 is 27.1 Å². The standard InChI is InChI=1S/C25H23F3N4O4S/c1-3-37(35,36)16-6-4-15(5-7-16)14-22(33)30-21-11-8-17-18(29-21)12-13-24(2,23(17)34)19-9-10-20(32-31-19)25(26,27)28/h4-11H,3,12-14H2,1-2H3,(H,29,30,33). The number of benzene rings is 1. The van der Waals surface area contributed by atoms with E-state index in [1.165, 1.54) is 30.3 Å². The summed E-state index contributed by atoms with van der Waals surface area (Å²) in [6.45, 7) is 3.17. The third kappa shape index (κ3) is 5.38. The van der Waals surface area contributed by atoms with Crippen LogP contribution in [0.2, 0.25) is 0 Å². The molecule has 8 nitrogen and oxygen atoms in total. The molecule has 0 fully saturated rings. The SMILES string of the molecule is CCS(=O)(=O)c1ccc(CC(=O)Nc2ccc3c(n2)CCC(C)(c2ccc(C(F)(F)F)nn2)C3=O)cc1. The van der Waals surface area contributed by atoms with Crippen LogP contribution in [-0.4, -0.2) is 41.0 Å². The van der Waals surface area contributed by atoms with E-state index in [0.717, 1.165) is 6.07 Å². The number of pyridine rings is 1. The van der Waals surface area contributed by atoms with Crippen molar-refractivity contribution in [2.24, 2.45) is 0 Å². The first-order valence-electron chi connectivity index (χ1n) is 11.4. The highest BCUT2D eigenvalue weighted by molar-refractivity contribution is 7.91. The molecule has 0 saturated heterocycles. The van der Waals surface area contributed by atoms with Gasteiger partial charge in [0.15, 0.2) is 21.3 Å². The topological polar surface area (TPSA) is 119 Å². The molecular formula is C25H23F3N4O4S. The second kappa shape index (κ2) is 9.66. The Kier molecular flexibility index (Phi) is 6.89. The van der Waals surface area contributed by atoms with E-state index in [9.17, 15) is 31.2 Å². The number of ketones is 1. The molecule has 1 aliphatic carbocycles. The molecule has 4 rings (SSSR count). The van der Waals surface area contributed by atoms with E-state index in [1.807, 2.05) is 0 Å². The van der Waals surface area contributed by atoms with Gasteiger partial charge >= 0.3 is 6.18 Å². The lowest BCUT2D eigenvalue weighted by atomic mass is 9.71. The van der Waals surface area contributed by atoms with Crippen LogP contribution in [0.25, 0.3) is 0 Å². The van der Waals surface area contributed by atoms with Crippen molar-refractivity contribution in [2.75, 3.05) is 11.1 Å². The summed E-state index contributed by atoms with van der Waals surface area (Å²) in [6, 6.07) is 11.1. The maximum Gasteiger partial charge on any atom is 0.435 e. The summed E-state index contributed by atoms with van der Waals surface area (Å²) in [6.07, 6.45) is -4.03. The predicted molar refractivity (Wildman–Crippen MR) is 128 cm³/mol. The number of aryl methyl sites for hydroxylation is 1.